The van der Waals surface area contributed by atoms with Crippen LogP contribution < -0.4 is 0 Å². The van der Waals surface area contributed by atoms with Crippen LogP contribution in [-0.4, -0.2) is 6.26 Å². The lowest BCUT2D eigenvalue weighted by Crippen LogP contribution is -1.84. The minimum atomic E-state index is 1.11. The molecule has 0 amide bonds. The number of rotatable bonds is 3. The largest absolute Gasteiger partial charge is 0.129 e. The zero-order valence-electron chi connectivity index (χ0n) is 8.13. The van der Waals surface area contributed by atoms with Gasteiger partial charge in [-0.2, -0.15) is 0 Å². The normalized spacial score (nSPS) is 9.69. The second-order valence-corrected chi connectivity index (χ2v) is 3.79. The van der Waals surface area contributed by atoms with Crippen LogP contribution >= 0.6 is 11.8 Å². The first-order chi connectivity index (χ1) is 6.19. The molecule has 0 saturated heterocycles. The highest BCUT2D eigenvalue weighted by molar-refractivity contribution is 7.98. The molecule has 0 spiro atoms. The van der Waals surface area contributed by atoms with Gasteiger partial charge < -0.3 is 0 Å². The lowest BCUT2D eigenvalue weighted by molar-refractivity contribution is 1.38. The molecule has 0 heterocycles. The maximum Gasteiger partial charge on any atom is 0.0150 e. The van der Waals surface area contributed by atoms with Crippen molar-refractivity contribution < 1.29 is 0 Å². The van der Waals surface area contributed by atoms with Crippen LogP contribution in [0.5, 0.6) is 0 Å². The number of hydrogen-bond donors (Lipinski definition) is 0. The lowest BCUT2D eigenvalue weighted by atomic mass is 10.1. The molecule has 13 heavy (non-hydrogen) atoms. The minimum absolute atomic E-state index is 1.11. The maximum atomic E-state index is 3.95. The molecule has 0 bridgehead atoms. The van der Waals surface area contributed by atoms with Gasteiger partial charge in [0.05, 0.1) is 0 Å². The van der Waals surface area contributed by atoms with Crippen LogP contribution in [0.2, 0.25) is 0 Å². The summed E-state index contributed by atoms with van der Waals surface area (Å²) in [5.41, 5.74) is 3.51. The molecule has 1 aromatic rings. The van der Waals surface area contributed by atoms with Gasteiger partial charge in [-0.1, -0.05) is 31.4 Å². The van der Waals surface area contributed by atoms with Gasteiger partial charge in [-0.15, -0.1) is 11.8 Å². The molecule has 0 radical (unpaired) electrons. The summed E-state index contributed by atoms with van der Waals surface area (Å²) in [5, 5.41) is 0. The summed E-state index contributed by atoms with van der Waals surface area (Å²) in [7, 11) is 0. The Morgan fingerprint density at radius 1 is 1.46 bits per heavy atom. The number of allylic oxidation sites excluding steroid dienone is 1. The summed E-state index contributed by atoms with van der Waals surface area (Å²) in [4.78, 5) is 1.27. The second kappa shape index (κ2) is 4.33. The standard InChI is InChI=1S/C12H14S/c1-5-10-6-7-11(9(2)3)12(8-10)13-4/h5-8H,1-2H2,3-4H3. The van der Waals surface area contributed by atoms with Gasteiger partial charge in [0.1, 0.15) is 0 Å². The van der Waals surface area contributed by atoms with E-state index in [2.05, 4.69) is 37.6 Å². The third kappa shape index (κ3) is 2.25. The fraction of sp³-hybridized carbons (Fsp3) is 0.167. The van der Waals surface area contributed by atoms with E-state index >= 15 is 0 Å². The van der Waals surface area contributed by atoms with E-state index in [0.717, 1.165) is 11.1 Å². The van der Waals surface area contributed by atoms with Gasteiger partial charge in [-0.3, -0.25) is 0 Å². The molecule has 0 saturated carbocycles. The van der Waals surface area contributed by atoms with Gasteiger partial charge in [-0.05, 0) is 35.9 Å². The summed E-state index contributed by atoms with van der Waals surface area (Å²) >= 11 is 1.74. The number of hydrogen-bond acceptors (Lipinski definition) is 1. The molecule has 0 nitrogen and oxygen atoms in total. The Bertz CT molecular complexity index is 337. The SMILES string of the molecule is C=Cc1ccc(C(=C)C)c(SC)c1. The first-order valence-electron chi connectivity index (χ1n) is 4.15. The van der Waals surface area contributed by atoms with E-state index in [1.165, 1.54) is 10.5 Å². The molecule has 1 aromatic carbocycles. The van der Waals surface area contributed by atoms with Gasteiger partial charge in [0.15, 0.2) is 0 Å². The third-order valence-corrected chi connectivity index (χ3v) is 2.70. The van der Waals surface area contributed by atoms with Crippen molar-refractivity contribution in [2.45, 2.75) is 11.8 Å². The summed E-state index contributed by atoms with van der Waals surface area (Å²) in [6.45, 7) is 9.73. The van der Waals surface area contributed by atoms with Gasteiger partial charge >= 0.3 is 0 Å². The number of benzene rings is 1. The van der Waals surface area contributed by atoms with Crippen LogP contribution in [0.25, 0.3) is 11.6 Å². The molecule has 0 aliphatic heterocycles. The molecule has 1 heteroatoms. The van der Waals surface area contributed by atoms with Crippen molar-refractivity contribution >= 4 is 23.4 Å². The summed E-state index contributed by atoms with van der Waals surface area (Å²) < 4.78 is 0. The van der Waals surface area contributed by atoms with E-state index in [9.17, 15) is 0 Å². The highest BCUT2D eigenvalue weighted by Gasteiger charge is 2.01. The Morgan fingerprint density at radius 2 is 2.15 bits per heavy atom. The fourth-order valence-corrected chi connectivity index (χ4v) is 1.90. The van der Waals surface area contributed by atoms with Crippen LogP contribution in [-0.2, 0) is 0 Å². The van der Waals surface area contributed by atoms with Crippen molar-refractivity contribution in [2.24, 2.45) is 0 Å². The Balaban J connectivity index is 3.23. The van der Waals surface area contributed by atoms with Gasteiger partial charge in [0.2, 0.25) is 0 Å². The van der Waals surface area contributed by atoms with Crippen LogP contribution in [0.15, 0.2) is 36.3 Å². The van der Waals surface area contributed by atoms with Gasteiger partial charge in [0, 0.05) is 4.90 Å². The molecule has 0 aliphatic rings. The Kier molecular flexibility index (Phi) is 3.38. The topological polar surface area (TPSA) is 0 Å². The molecular weight excluding hydrogens is 176 g/mol. The summed E-state index contributed by atoms with van der Waals surface area (Å²) in [5.74, 6) is 0. The molecule has 0 atom stereocenters. The highest BCUT2D eigenvalue weighted by Crippen LogP contribution is 2.26. The van der Waals surface area contributed by atoms with Crippen LogP contribution in [0.3, 0.4) is 0 Å². The Morgan fingerprint density at radius 3 is 2.62 bits per heavy atom. The quantitative estimate of drug-likeness (QED) is 0.647. The molecule has 0 aliphatic carbocycles. The molecule has 0 aromatic heterocycles. The Labute approximate surface area is 84.4 Å². The van der Waals surface area contributed by atoms with E-state index in [4.69, 9.17) is 0 Å². The van der Waals surface area contributed by atoms with Crippen LogP contribution in [0.1, 0.15) is 18.1 Å². The predicted molar refractivity (Wildman–Crippen MR) is 63.0 cm³/mol. The van der Waals surface area contributed by atoms with Crippen molar-refractivity contribution in [2.75, 3.05) is 6.26 Å². The molecular formula is C12H14S. The van der Waals surface area contributed by atoms with Crippen molar-refractivity contribution in [1.29, 1.82) is 0 Å². The third-order valence-electron chi connectivity index (χ3n) is 1.92. The van der Waals surface area contributed by atoms with Crippen LogP contribution in [0, 0.1) is 0 Å². The molecule has 1 rings (SSSR count). The molecule has 68 valence electrons. The zero-order valence-corrected chi connectivity index (χ0v) is 8.95. The molecule has 0 N–H and O–H groups in total. The Hall–Kier alpha value is -0.950. The van der Waals surface area contributed by atoms with Crippen molar-refractivity contribution in [3.63, 3.8) is 0 Å². The molecule has 0 unspecified atom stereocenters. The summed E-state index contributed by atoms with van der Waals surface area (Å²) in [6.07, 6.45) is 3.94. The van der Waals surface area contributed by atoms with E-state index in [1.54, 1.807) is 11.8 Å². The highest BCUT2D eigenvalue weighted by atomic mass is 32.2. The van der Waals surface area contributed by atoms with Crippen LogP contribution in [0.4, 0.5) is 0 Å². The monoisotopic (exact) mass is 190 g/mol. The first kappa shape index (κ1) is 10.1. The maximum absolute atomic E-state index is 3.95. The lowest BCUT2D eigenvalue weighted by Gasteiger charge is -2.07. The first-order valence-corrected chi connectivity index (χ1v) is 5.38. The van der Waals surface area contributed by atoms with Crippen molar-refractivity contribution in [3.8, 4) is 0 Å². The van der Waals surface area contributed by atoms with Crippen molar-refractivity contribution in [3.05, 3.63) is 42.5 Å². The van der Waals surface area contributed by atoms with Gasteiger partial charge in [0.25, 0.3) is 0 Å². The van der Waals surface area contributed by atoms with Gasteiger partial charge in [-0.25, -0.2) is 0 Å². The van der Waals surface area contributed by atoms with E-state index in [1.807, 2.05) is 13.0 Å². The fourth-order valence-electron chi connectivity index (χ4n) is 1.19. The van der Waals surface area contributed by atoms with E-state index in [0.29, 0.717) is 0 Å². The minimum Gasteiger partial charge on any atom is -0.129 e. The van der Waals surface area contributed by atoms with E-state index in [-0.39, 0.29) is 0 Å². The number of thioether (sulfide) groups is 1. The smallest absolute Gasteiger partial charge is 0.0150 e. The zero-order chi connectivity index (χ0) is 9.84. The average molecular weight is 190 g/mol. The van der Waals surface area contributed by atoms with E-state index < -0.39 is 0 Å². The molecule has 0 fully saturated rings. The van der Waals surface area contributed by atoms with Crippen molar-refractivity contribution in [1.82, 2.24) is 0 Å². The second-order valence-electron chi connectivity index (χ2n) is 2.94. The predicted octanol–water partition coefficient (Wildman–Crippen LogP) is 4.08. The summed E-state index contributed by atoms with van der Waals surface area (Å²) in [6, 6.07) is 6.31. The average Bonchev–Trinajstić information content (AvgIpc) is 2.16.